The molecule has 72 valence electrons. The van der Waals surface area contributed by atoms with E-state index in [1.54, 1.807) is 0 Å². The maximum absolute atomic E-state index is 9.04. The van der Waals surface area contributed by atoms with Gasteiger partial charge in [-0.1, -0.05) is 13.3 Å². The third-order valence-electron chi connectivity index (χ3n) is 2.99. The molecule has 0 aromatic heterocycles. The van der Waals surface area contributed by atoms with Crippen molar-refractivity contribution in [1.82, 2.24) is 4.90 Å². The van der Waals surface area contributed by atoms with Gasteiger partial charge in [0.05, 0.1) is 0 Å². The largest absolute Gasteiger partial charge is 0.396 e. The standard InChI is InChI=1S/C10H21NO/c1-3-9(8-12)6-10-4-5-11(2)7-10/h9-10,12H,3-8H2,1-2H3. The van der Waals surface area contributed by atoms with Crippen LogP contribution in [0.3, 0.4) is 0 Å². The molecular formula is C10H21NO. The monoisotopic (exact) mass is 171 g/mol. The van der Waals surface area contributed by atoms with Crippen molar-refractivity contribution in [1.29, 1.82) is 0 Å². The van der Waals surface area contributed by atoms with Gasteiger partial charge in [-0.15, -0.1) is 0 Å². The van der Waals surface area contributed by atoms with Crippen LogP contribution in [0.5, 0.6) is 0 Å². The molecule has 0 spiro atoms. The summed E-state index contributed by atoms with van der Waals surface area (Å²) in [5, 5.41) is 9.04. The highest BCUT2D eigenvalue weighted by molar-refractivity contribution is 4.75. The van der Waals surface area contributed by atoms with Crippen LogP contribution in [0.25, 0.3) is 0 Å². The zero-order valence-electron chi connectivity index (χ0n) is 8.29. The van der Waals surface area contributed by atoms with Crippen molar-refractivity contribution in [2.24, 2.45) is 11.8 Å². The first-order valence-corrected chi connectivity index (χ1v) is 5.05. The first kappa shape index (κ1) is 10.0. The van der Waals surface area contributed by atoms with E-state index in [-0.39, 0.29) is 0 Å². The summed E-state index contributed by atoms with van der Waals surface area (Å²) in [5.41, 5.74) is 0. The van der Waals surface area contributed by atoms with Gasteiger partial charge >= 0.3 is 0 Å². The van der Waals surface area contributed by atoms with Crippen molar-refractivity contribution in [3.8, 4) is 0 Å². The van der Waals surface area contributed by atoms with Crippen LogP contribution in [0, 0.1) is 11.8 Å². The summed E-state index contributed by atoms with van der Waals surface area (Å²) in [6, 6.07) is 0. The minimum atomic E-state index is 0.372. The number of likely N-dealkylation sites (tertiary alicyclic amines) is 1. The molecule has 0 aromatic rings. The Morgan fingerprint density at radius 2 is 2.33 bits per heavy atom. The Morgan fingerprint density at radius 1 is 1.58 bits per heavy atom. The summed E-state index contributed by atoms with van der Waals surface area (Å²) >= 11 is 0. The predicted molar refractivity (Wildman–Crippen MR) is 51.1 cm³/mol. The number of hydrogen-bond donors (Lipinski definition) is 1. The minimum absolute atomic E-state index is 0.372. The van der Waals surface area contributed by atoms with Gasteiger partial charge in [0.1, 0.15) is 0 Å². The highest BCUT2D eigenvalue weighted by Gasteiger charge is 2.21. The van der Waals surface area contributed by atoms with Crippen LogP contribution in [0.2, 0.25) is 0 Å². The third kappa shape index (κ3) is 2.76. The Kier molecular flexibility index (Phi) is 4.02. The first-order valence-electron chi connectivity index (χ1n) is 5.05. The third-order valence-corrected chi connectivity index (χ3v) is 2.99. The second-order valence-electron chi connectivity index (χ2n) is 4.11. The van der Waals surface area contributed by atoms with Gasteiger partial charge in [0, 0.05) is 13.2 Å². The molecule has 2 heteroatoms. The van der Waals surface area contributed by atoms with Crippen LogP contribution in [-0.4, -0.2) is 36.8 Å². The van der Waals surface area contributed by atoms with Crippen LogP contribution in [-0.2, 0) is 0 Å². The lowest BCUT2D eigenvalue weighted by Crippen LogP contribution is -2.16. The number of aliphatic hydroxyl groups is 1. The number of rotatable bonds is 4. The van der Waals surface area contributed by atoms with Gasteiger partial charge in [-0.05, 0) is 38.3 Å². The summed E-state index contributed by atoms with van der Waals surface area (Å²) < 4.78 is 0. The molecular weight excluding hydrogens is 150 g/mol. The lowest BCUT2D eigenvalue weighted by atomic mass is 9.93. The molecule has 0 saturated carbocycles. The minimum Gasteiger partial charge on any atom is -0.396 e. The van der Waals surface area contributed by atoms with Crippen LogP contribution < -0.4 is 0 Å². The van der Waals surface area contributed by atoms with E-state index in [1.807, 2.05) is 0 Å². The molecule has 0 bridgehead atoms. The molecule has 1 rings (SSSR count). The lowest BCUT2D eigenvalue weighted by Gasteiger charge is -2.16. The molecule has 2 unspecified atom stereocenters. The van der Waals surface area contributed by atoms with Crippen LogP contribution in [0.15, 0.2) is 0 Å². The highest BCUT2D eigenvalue weighted by atomic mass is 16.3. The lowest BCUT2D eigenvalue weighted by molar-refractivity contribution is 0.196. The van der Waals surface area contributed by atoms with Crippen molar-refractivity contribution in [3.05, 3.63) is 0 Å². The molecule has 1 saturated heterocycles. The average molecular weight is 171 g/mol. The fourth-order valence-corrected chi connectivity index (χ4v) is 2.06. The zero-order valence-corrected chi connectivity index (χ0v) is 8.29. The van der Waals surface area contributed by atoms with Gasteiger partial charge in [-0.25, -0.2) is 0 Å². The SMILES string of the molecule is CCC(CO)CC1CCN(C)C1. The van der Waals surface area contributed by atoms with E-state index >= 15 is 0 Å². The molecule has 0 amide bonds. The van der Waals surface area contributed by atoms with E-state index in [4.69, 9.17) is 5.11 Å². The number of hydrogen-bond acceptors (Lipinski definition) is 2. The zero-order chi connectivity index (χ0) is 8.97. The quantitative estimate of drug-likeness (QED) is 0.690. The van der Waals surface area contributed by atoms with Crippen molar-refractivity contribution >= 4 is 0 Å². The van der Waals surface area contributed by atoms with Crippen molar-refractivity contribution < 1.29 is 5.11 Å². The molecule has 1 aliphatic rings. The highest BCUT2D eigenvalue weighted by Crippen LogP contribution is 2.23. The molecule has 1 N–H and O–H groups in total. The Bertz CT molecular complexity index is 123. The number of aliphatic hydroxyl groups excluding tert-OH is 1. The molecule has 0 aliphatic carbocycles. The van der Waals surface area contributed by atoms with Gasteiger partial charge < -0.3 is 10.0 Å². The summed E-state index contributed by atoms with van der Waals surface area (Å²) in [6.45, 7) is 5.01. The van der Waals surface area contributed by atoms with Gasteiger partial charge in [-0.2, -0.15) is 0 Å². The molecule has 1 heterocycles. The maximum atomic E-state index is 9.04. The van der Waals surface area contributed by atoms with E-state index < -0.39 is 0 Å². The fourth-order valence-electron chi connectivity index (χ4n) is 2.06. The maximum Gasteiger partial charge on any atom is 0.0459 e. The first-order chi connectivity index (χ1) is 5.76. The van der Waals surface area contributed by atoms with Crippen molar-refractivity contribution in [2.75, 3.05) is 26.7 Å². The summed E-state index contributed by atoms with van der Waals surface area (Å²) in [6.07, 6.45) is 3.67. The van der Waals surface area contributed by atoms with E-state index in [2.05, 4.69) is 18.9 Å². The van der Waals surface area contributed by atoms with Crippen LogP contribution in [0.1, 0.15) is 26.2 Å². The molecule has 0 aromatic carbocycles. The second kappa shape index (κ2) is 4.83. The van der Waals surface area contributed by atoms with Gasteiger partial charge in [-0.3, -0.25) is 0 Å². The Morgan fingerprint density at radius 3 is 2.75 bits per heavy atom. The molecule has 1 fully saturated rings. The molecule has 2 atom stereocenters. The average Bonchev–Trinajstić information content (AvgIpc) is 2.47. The normalized spacial score (nSPS) is 27.8. The summed E-state index contributed by atoms with van der Waals surface area (Å²) in [4.78, 5) is 2.38. The topological polar surface area (TPSA) is 23.5 Å². The van der Waals surface area contributed by atoms with E-state index in [0.29, 0.717) is 12.5 Å². The van der Waals surface area contributed by atoms with E-state index in [0.717, 1.165) is 12.3 Å². The Hall–Kier alpha value is -0.0800. The summed E-state index contributed by atoms with van der Waals surface area (Å²) in [5.74, 6) is 1.38. The van der Waals surface area contributed by atoms with Gasteiger partial charge in [0.2, 0.25) is 0 Å². The Balaban J connectivity index is 2.21. The van der Waals surface area contributed by atoms with Crippen molar-refractivity contribution in [3.63, 3.8) is 0 Å². The molecule has 0 radical (unpaired) electrons. The predicted octanol–water partition coefficient (Wildman–Crippen LogP) is 1.35. The van der Waals surface area contributed by atoms with E-state index in [9.17, 15) is 0 Å². The molecule has 1 aliphatic heterocycles. The summed E-state index contributed by atoms with van der Waals surface area (Å²) in [7, 11) is 2.18. The smallest absolute Gasteiger partial charge is 0.0459 e. The number of nitrogens with zero attached hydrogens (tertiary/aromatic N) is 1. The molecule has 12 heavy (non-hydrogen) atoms. The molecule has 2 nitrogen and oxygen atoms in total. The van der Waals surface area contributed by atoms with Crippen LogP contribution >= 0.6 is 0 Å². The van der Waals surface area contributed by atoms with Crippen molar-refractivity contribution in [2.45, 2.75) is 26.2 Å². The Labute approximate surface area is 75.6 Å². The second-order valence-corrected chi connectivity index (χ2v) is 4.11. The fraction of sp³-hybridized carbons (Fsp3) is 1.00. The van der Waals surface area contributed by atoms with E-state index in [1.165, 1.54) is 25.9 Å². The van der Waals surface area contributed by atoms with Gasteiger partial charge in [0.25, 0.3) is 0 Å². The van der Waals surface area contributed by atoms with Gasteiger partial charge in [0.15, 0.2) is 0 Å². The van der Waals surface area contributed by atoms with Crippen LogP contribution in [0.4, 0.5) is 0 Å².